The van der Waals surface area contributed by atoms with Gasteiger partial charge in [-0.05, 0) is 40.0 Å². The standard InChI is InChI=1S/C20H17BrF5N5O2/c1-10(33-2)15-12(9-27-17(16(15)21)18(22)23)7-13(32)5-11-6-14(20(24,25)26)19(28-8-11)31-29-3-4-30-31/h3-4,6,8-10,18H,5,7H2,1-2H3/t10-/m0/s1. The number of hydrogen-bond donors (Lipinski definition) is 0. The first-order chi connectivity index (χ1) is 15.5. The maximum atomic E-state index is 13.6. The number of ether oxygens (including phenoxy) is 1. The predicted octanol–water partition coefficient (Wildman–Crippen LogP) is 4.84. The molecule has 0 aromatic carbocycles. The number of nitrogens with zero attached hydrogens (tertiary/aromatic N) is 5. The lowest BCUT2D eigenvalue weighted by molar-refractivity contribution is -0.138. The van der Waals surface area contributed by atoms with Crippen LogP contribution in [0.2, 0.25) is 0 Å². The van der Waals surface area contributed by atoms with Crippen molar-refractivity contribution < 1.29 is 31.5 Å². The summed E-state index contributed by atoms with van der Waals surface area (Å²) < 4.78 is 72.3. The van der Waals surface area contributed by atoms with Crippen molar-refractivity contribution in [1.82, 2.24) is 25.0 Å². The SMILES string of the molecule is CO[C@@H](C)c1c(CC(=O)Cc2cnc(-n3nccn3)c(C(F)(F)F)c2)cnc(C(F)F)c1Br. The molecule has 3 aromatic rings. The van der Waals surface area contributed by atoms with Crippen LogP contribution in [0.3, 0.4) is 0 Å². The summed E-state index contributed by atoms with van der Waals surface area (Å²) in [6, 6.07) is 0.816. The van der Waals surface area contributed by atoms with Gasteiger partial charge in [0.15, 0.2) is 5.82 Å². The molecule has 0 amide bonds. The van der Waals surface area contributed by atoms with E-state index in [0.29, 0.717) is 11.1 Å². The van der Waals surface area contributed by atoms with E-state index >= 15 is 0 Å². The van der Waals surface area contributed by atoms with E-state index in [1.165, 1.54) is 19.5 Å². The van der Waals surface area contributed by atoms with E-state index in [4.69, 9.17) is 4.74 Å². The predicted molar refractivity (Wildman–Crippen MR) is 109 cm³/mol. The summed E-state index contributed by atoms with van der Waals surface area (Å²) in [5.74, 6) is -0.978. The maximum absolute atomic E-state index is 13.6. The van der Waals surface area contributed by atoms with Crippen LogP contribution in [-0.2, 0) is 28.5 Å². The van der Waals surface area contributed by atoms with Crippen molar-refractivity contribution in [3.05, 3.63) is 63.3 Å². The second-order valence-corrected chi connectivity index (χ2v) is 7.79. The van der Waals surface area contributed by atoms with Crippen molar-refractivity contribution in [2.75, 3.05) is 7.11 Å². The summed E-state index contributed by atoms with van der Waals surface area (Å²) in [5.41, 5.74) is -0.909. The summed E-state index contributed by atoms with van der Waals surface area (Å²) in [6.07, 6.45) is -4.13. The number of hydrogen-bond acceptors (Lipinski definition) is 6. The van der Waals surface area contributed by atoms with Gasteiger partial charge in [-0.15, -0.1) is 4.80 Å². The van der Waals surface area contributed by atoms with Gasteiger partial charge in [0.2, 0.25) is 0 Å². The average Bonchev–Trinajstić information content (AvgIpc) is 3.27. The first-order valence-electron chi connectivity index (χ1n) is 9.45. The molecule has 0 bridgehead atoms. The van der Waals surface area contributed by atoms with Crippen molar-refractivity contribution in [1.29, 1.82) is 0 Å². The molecule has 0 fully saturated rings. The molecule has 7 nitrogen and oxygen atoms in total. The third kappa shape index (κ3) is 5.58. The second kappa shape index (κ2) is 10.00. The highest BCUT2D eigenvalue weighted by atomic mass is 79.9. The fourth-order valence-corrected chi connectivity index (χ4v) is 4.05. The molecule has 3 heterocycles. The van der Waals surface area contributed by atoms with Crippen LogP contribution in [0.5, 0.6) is 0 Å². The molecule has 13 heteroatoms. The zero-order chi connectivity index (χ0) is 24.3. The minimum atomic E-state index is -4.75. The van der Waals surface area contributed by atoms with E-state index in [2.05, 4.69) is 36.1 Å². The number of alkyl halides is 5. The number of ketones is 1. The van der Waals surface area contributed by atoms with Crippen molar-refractivity contribution in [3.8, 4) is 5.82 Å². The summed E-state index contributed by atoms with van der Waals surface area (Å²) in [5, 5.41) is 7.34. The zero-order valence-corrected chi connectivity index (χ0v) is 18.9. The Hall–Kier alpha value is -2.80. The normalized spacial score (nSPS) is 12.9. The van der Waals surface area contributed by atoms with E-state index in [-0.39, 0.29) is 22.9 Å². The highest BCUT2D eigenvalue weighted by molar-refractivity contribution is 9.10. The molecule has 0 spiro atoms. The lowest BCUT2D eigenvalue weighted by Gasteiger charge is -2.19. The van der Waals surface area contributed by atoms with Gasteiger partial charge in [-0.1, -0.05) is 0 Å². The molecule has 0 aliphatic carbocycles. The molecule has 0 unspecified atom stereocenters. The number of rotatable bonds is 8. The molecule has 0 saturated carbocycles. The molecule has 33 heavy (non-hydrogen) atoms. The molecule has 3 aromatic heterocycles. The number of carbonyl (C=O) groups excluding carboxylic acids is 1. The monoisotopic (exact) mass is 533 g/mol. The van der Waals surface area contributed by atoms with Crippen LogP contribution >= 0.6 is 15.9 Å². The first kappa shape index (κ1) is 24.8. The largest absolute Gasteiger partial charge is 0.420 e. The highest BCUT2D eigenvalue weighted by Gasteiger charge is 2.36. The van der Waals surface area contributed by atoms with Gasteiger partial charge in [-0.2, -0.15) is 23.4 Å². The van der Waals surface area contributed by atoms with Gasteiger partial charge in [0.25, 0.3) is 6.43 Å². The quantitative estimate of drug-likeness (QED) is 0.385. The lowest BCUT2D eigenvalue weighted by atomic mass is 9.97. The van der Waals surface area contributed by atoms with Crippen molar-refractivity contribution in [2.45, 2.75) is 38.5 Å². The molecular formula is C20H17BrF5N5O2. The topological polar surface area (TPSA) is 82.8 Å². The number of Topliss-reactive ketones (excluding diaryl/α,β-unsaturated/α-hetero) is 1. The first-order valence-corrected chi connectivity index (χ1v) is 10.2. The Morgan fingerprint density at radius 2 is 1.82 bits per heavy atom. The van der Waals surface area contributed by atoms with Gasteiger partial charge < -0.3 is 4.74 Å². The molecule has 0 aliphatic rings. The van der Waals surface area contributed by atoms with Gasteiger partial charge in [0.1, 0.15) is 17.0 Å². The lowest BCUT2D eigenvalue weighted by Crippen LogP contribution is -2.17. The van der Waals surface area contributed by atoms with E-state index < -0.39 is 41.6 Å². The Labute approximate surface area is 193 Å². The summed E-state index contributed by atoms with van der Waals surface area (Å²) in [4.78, 5) is 20.9. The Morgan fingerprint density at radius 1 is 1.15 bits per heavy atom. The van der Waals surface area contributed by atoms with Gasteiger partial charge in [0, 0.05) is 37.9 Å². The van der Waals surface area contributed by atoms with Crippen LogP contribution in [0.4, 0.5) is 22.0 Å². The van der Waals surface area contributed by atoms with Crippen molar-refractivity contribution in [3.63, 3.8) is 0 Å². The Balaban J connectivity index is 1.89. The summed E-state index contributed by atoms with van der Waals surface area (Å²) in [6.45, 7) is 1.62. The number of pyridine rings is 2. The molecule has 3 rings (SSSR count). The Morgan fingerprint density at radius 3 is 2.39 bits per heavy atom. The molecule has 0 aliphatic heterocycles. The zero-order valence-electron chi connectivity index (χ0n) is 17.3. The van der Waals surface area contributed by atoms with Crippen LogP contribution in [0.25, 0.3) is 5.82 Å². The second-order valence-electron chi connectivity index (χ2n) is 7.00. The van der Waals surface area contributed by atoms with Crippen molar-refractivity contribution >= 4 is 21.7 Å². The van der Waals surface area contributed by atoms with Crippen LogP contribution in [0.1, 0.15) is 47.4 Å². The summed E-state index contributed by atoms with van der Waals surface area (Å²) in [7, 11) is 1.38. The van der Waals surface area contributed by atoms with E-state index in [9.17, 15) is 26.7 Å². The van der Waals surface area contributed by atoms with Crippen LogP contribution in [-0.4, -0.2) is 37.9 Å². The fourth-order valence-electron chi connectivity index (χ4n) is 3.20. The van der Waals surface area contributed by atoms with Crippen LogP contribution < -0.4 is 0 Å². The van der Waals surface area contributed by atoms with Crippen LogP contribution in [0, 0.1) is 0 Å². The van der Waals surface area contributed by atoms with E-state index in [0.717, 1.165) is 23.3 Å². The van der Waals surface area contributed by atoms with Gasteiger partial charge in [-0.3, -0.25) is 9.78 Å². The van der Waals surface area contributed by atoms with Gasteiger partial charge in [0.05, 0.1) is 23.0 Å². The molecule has 0 saturated heterocycles. The number of carbonyl (C=O) groups is 1. The van der Waals surface area contributed by atoms with E-state index in [1.807, 2.05) is 0 Å². The molecule has 0 radical (unpaired) electrons. The maximum Gasteiger partial charge on any atom is 0.420 e. The minimum Gasteiger partial charge on any atom is -0.377 e. The molecule has 1 atom stereocenters. The number of aromatic nitrogens is 5. The molecule has 0 N–H and O–H groups in total. The minimum absolute atomic E-state index is 0.0225. The number of halogens is 6. The van der Waals surface area contributed by atoms with Crippen molar-refractivity contribution in [2.24, 2.45) is 0 Å². The summed E-state index contributed by atoms with van der Waals surface area (Å²) >= 11 is 3.11. The van der Waals surface area contributed by atoms with Gasteiger partial charge >= 0.3 is 6.18 Å². The fraction of sp³-hybridized carbons (Fsp3) is 0.350. The molecule has 176 valence electrons. The third-order valence-corrected chi connectivity index (χ3v) is 5.59. The smallest absolute Gasteiger partial charge is 0.377 e. The average molecular weight is 534 g/mol. The Bertz CT molecular complexity index is 1140. The van der Waals surface area contributed by atoms with E-state index in [1.54, 1.807) is 6.92 Å². The third-order valence-electron chi connectivity index (χ3n) is 4.76. The molecular weight excluding hydrogens is 517 g/mol. The highest BCUT2D eigenvalue weighted by Crippen LogP contribution is 2.36. The number of methoxy groups -OCH3 is 1. The van der Waals surface area contributed by atoms with Crippen LogP contribution in [0.15, 0.2) is 35.3 Å². The Kier molecular flexibility index (Phi) is 7.52. The van der Waals surface area contributed by atoms with Gasteiger partial charge in [-0.25, -0.2) is 13.8 Å².